The maximum Gasteiger partial charge on any atom is 0.118 e. The number of hydrogen-bond acceptors (Lipinski definition) is 2. The van der Waals surface area contributed by atoms with Gasteiger partial charge in [0.2, 0.25) is 0 Å². The number of ether oxygens (including phenoxy) is 1. The molecule has 124 valence electrons. The van der Waals surface area contributed by atoms with Crippen molar-refractivity contribution in [2.24, 2.45) is 0 Å². The molecule has 1 N–H and O–H groups in total. The molecular formula is C22H18ClNO. The molecule has 0 spiro atoms. The summed E-state index contributed by atoms with van der Waals surface area (Å²) in [5.41, 5.74) is 5.79. The van der Waals surface area contributed by atoms with Crippen LogP contribution in [0.2, 0.25) is 5.02 Å². The molecule has 0 saturated carbocycles. The van der Waals surface area contributed by atoms with Crippen LogP contribution in [0.3, 0.4) is 0 Å². The second-order valence-electron chi connectivity index (χ2n) is 6.03. The number of fused-ring (bicyclic) bond motifs is 1. The van der Waals surface area contributed by atoms with Crippen LogP contribution in [0.4, 0.5) is 5.69 Å². The van der Waals surface area contributed by atoms with Gasteiger partial charge in [-0.25, -0.2) is 0 Å². The molecule has 3 aromatic rings. The quantitative estimate of drug-likeness (QED) is 0.632. The molecule has 0 amide bonds. The smallest absolute Gasteiger partial charge is 0.118 e. The number of benzene rings is 3. The Balaban J connectivity index is 1.81. The fraction of sp³-hybridized carbons (Fsp3) is 0.0909. The van der Waals surface area contributed by atoms with E-state index in [1.54, 1.807) is 7.11 Å². The first-order chi connectivity index (χ1) is 12.2. The predicted molar refractivity (Wildman–Crippen MR) is 104 cm³/mol. The first-order valence-corrected chi connectivity index (χ1v) is 8.60. The number of anilines is 1. The molecule has 1 heterocycles. The second-order valence-corrected chi connectivity index (χ2v) is 6.47. The second kappa shape index (κ2) is 6.66. The monoisotopic (exact) mass is 347 g/mol. The Hall–Kier alpha value is -2.71. The van der Waals surface area contributed by atoms with E-state index >= 15 is 0 Å². The SMILES string of the molecule is COc1ccc(C2C=C(c3ccccc3)c3cc(Cl)ccc3N2)cc1. The Morgan fingerprint density at radius 3 is 2.40 bits per heavy atom. The third kappa shape index (κ3) is 3.13. The van der Waals surface area contributed by atoms with E-state index in [4.69, 9.17) is 16.3 Å². The van der Waals surface area contributed by atoms with Gasteiger partial charge in [0.05, 0.1) is 13.2 Å². The molecule has 25 heavy (non-hydrogen) atoms. The van der Waals surface area contributed by atoms with Gasteiger partial charge >= 0.3 is 0 Å². The van der Waals surface area contributed by atoms with Crippen LogP contribution in [-0.2, 0) is 0 Å². The molecule has 1 aliphatic rings. The lowest BCUT2D eigenvalue weighted by molar-refractivity contribution is 0.414. The van der Waals surface area contributed by atoms with Crippen molar-refractivity contribution in [2.75, 3.05) is 12.4 Å². The van der Waals surface area contributed by atoms with Gasteiger partial charge in [0.1, 0.15) is 5.75 Å². The summed E-state index contributed by atoms with van der Waals surface area (Å²) in [6.07, 6.45) is 2.26. The Labute approximate surface area is 152 Å². The van der Waals surface area contributed by atoms with Crippen LogP contribution in [0, 0.1) is 0 Å². The molecule has 0 fully saturated rings. The van der Waals surface area contributed by atoms with E-state index in [0.29, 0.717) is 0 Å². The average Bonchev–Trinajstić information content (AvgIpc) is 2.68. The highest BCUT2D eigenvalue weighted by Gasteiger charge is 2.21. The topological polar surface area (TPSA) is 21.3 Å². The van der Waals surface area contributed by atoms with Crippen molar-refractivity contribution in [3.8, 4) is 5.75 Å². The first kappa shape index (κ1) is 15.8. The zero-order valence-electron chi connectivity index (χ0n) is 13.9. The first-order valence-electron chi connectivity index (χ1n) is 8.22. The minimum atomic E-state index is 0.0924. The minimum Gasteiger partial charge on any atom is -0.497 e. The molecule has 1 atom stereocenters. The fourth-order valence-corrected chi connectivity index (χ4v) is 3.36. The Morgan fingerprint density at radius 1 is 0.920 bits per heavy atom. The van der Waals surface area contributed by atoms with Crippen molar-refractivity contribution < 1.29 is 4.74 Å². The van der Waals surface area contributed by atoms with Crippen LogP contribution in [0.5, 0.6) is 5.75 Å². The summed E-state index contributed by atoms with van der Waals surface area (Å²) in [6, 6.07) is 24.7. The summed E-state index contributed by atoms with van der Waals surface area (Å²) < 4.78 is 5.27. The predicted octanol–water partition coefficient (Wildman–Crippen LogP) is 5.95. The third-order valence-corrected chi connectivity index (χ3v) is 4.71. The summed E-state index contributed by atoms with van der Waals surface area (Å²) in [5, 5.41) is 4.34. The lowest BCUT2D eigenvalue weighted by Crippen LogP contribution is -2.15. The van der Waals surface area contributed by atoms with E-state index in [9.17, 15) is 0 Å². The maximum absolute atomic E-state index is 6.25. The third-order valence-electron chi connectivity index (χ3n) is 4.48. The highest BCUT2D eigenvalue weighted by molar-refractivity contribution is 6.31. The van der Waals surface area contributed by atoms with Crippen molar-refractivity contribution in [2.45, 2.75) is 6.04 Å². The van der Waals surface area contributed by atoms with E-state index in [0.717, 1.165) is 22.0 Å². The lowest BCUT2D eigenvalue weighted by atomic mass is 9.89. The molecule has 0 aliphatic carbocycles. The van der Waals surface area contributed by atoms with Gasteiger partial charge in [-0.05, 0) is 53.1 Å². The van der Waals surface area contributed by atoms with Crippen LogP contribution in [0.1, 0.15) is 22.7 Å². The molecular weight excluding hydrogens is 330 g/mol. The van der Waals surface area contributed by atoms with Gasteiger partial charge in [0.15, 0.2) is 0 Å². The summed E-state index contributed by atoms with van der Waals surface area (Å²) in [4.78, 5) is 0. The van der Waals surface area contributed by atoms with Crippen LogP contribution >= 0.6 is 11.6 Å². The zero-order chi connectivity index (χ0) is 17.2. The Morgan fingerprint density at radius 2 is 1.68 bits per heavy atom. The largest absolute Gasteiger partial charge is 0.497 e. The number of nitrogens with one attached hydrogen (secondary N) is 1. The number of rotatable bonds is 3. The van der Waals surface area contributed by atoms with Crippen molar-refractivity contribution in [1.82, 2.24) is 0 Å². The van der Waals surface area contributed by atoms with Gasteiger partial charge in [-0.2, -0.15) is 0 Å². The van der Waals surface area contributed by atoms with Crippen molar-refractivity contribution in [3.05, 3.63) is 101 Å². The Kier molecular flexibility index (Phi) is 4.21. The van der Waals surface area contributed by atoms with Gasteiger partial charge in [-0.3, -0.25) is 0 Å². The van der Waals surface area contributed by atoms with Crippen molar-refractivity contribution in [1.29, 1.82) is 0 Å². The van der Waals surface area contributed by atoms with Crippen molar-refractivity contribution in [3.63, 3.8) is 0 Å². The molecule has 0 bridgehead atoms. The molecule has 3 heteroatoms. The zero-order valence-corrected chi connectivity index (χ0v) is 14.6. The number of methoxy groups -OCH3 is 1. The van der Waals surface area contributed by atoms with E-state index < -0.39 is 0 Å². The molecule has 0 aromatic heterocycles. The van der Waals surface area contributed by atoms with Gasteiger partial charge in [0, 0.05) is 16.3 Å². The van der Waals surface area contributed by atoms with E-state index in [-0.39, 0.29) is 6.04 Å². The normalized spacial score (nSPS) is 15.8. The minimum absolute atomic E-state index is 0.0924. The fourth-order valence-electron chi connectivity index (χ4n) is 3.19. The molecule has 0 saturated heterocycles. The molecule has 3 aromatic carbocycles. The van der Waals surface area contributed by atoms with Gasteiger partial charge in [-0.1, -0.05) is 54.1 Å². The van der Waals surface area contributed by atoms with Crippen LogP contribution < -0.4 is 10.1 Å². The van der Waals surface area contributed by atoms with Gasteiger partial charge < -0.3 is 10.1 Å². The maximum atomic E-state index is 6.25. The van der Waals surface area contributed by atoms with Crippen LogP contribution in [0.15, 0.2) is 78.9 Å². The van der Waals surface area contributed by atoms with E-state index in [1.807, 2.05) is 36.4 Å². The molecule has 4 rings (SSSR count). The number of halogens is 1. The highest BCUT2D eigenvalue weighted by atomic mass is 35.5. The van der Waals surface area contributed by atoms with Gasteiger partial charge in [-0.15, -0.1) is 0 Å². The summed E-state index contributed by atoms with van der Waals surface area (Å²) in [6.45, 7) is 0. The van der Waals surface area contributed by atoms with Crippen LogP contribution in [-0.4, -0.2) is 7.11 Å². The molecule has 1 aliphatic heterocycles. The van der Waals surface area contributed by atoms with Crippen LogP contribution in [0.25, 0.3) is 5.57 Å². The van der Waals surface area contributed by atoms with E-state index in [2.05, 4.69) is 47.8 Å². The molecule has 0 radical (unpaired) electrons. The standard InChI is InChI=1S/C22H18ClNO/c1-25-18-10-7-16(8-11-18)22-14-19(15-5-3-2-4-6-15)20-13-17(23)9-12-21(20)24-22/h2-14,22,24H,1H3. The highest BCUT2D eigenvalue weighted by Crippen LogP contribution is 2.39. The molecule has 2 nitrogen and oxygen atoms in total. The summed E-state index contributed by atoms with van der Waals surface area (Å²) in [5.74, 6) is 0.860. The number of hydrogen-bond donors (Lipinski definition) is 1. The lowest BCUT2D eigenvalue weighted by Gasteiger charge is -2.27. The van der Waals surface area contributed by atoms with E-state index in [1.165, 1.54) is 16.7 Å². The van der Waals surface area contributed by atoms with Gasteiger partial charge in [0.25, 0.3) is 0 Å². The molecule has 1 unspecified atom stereocenters. The van der Waals surface area contributed by atoms with Crippen molar-refractivity contribution >= 4 is 22.9 Å². The average molecular weight is 348 g/mol. The Bertz CT molecular complexity index is 917. The summed E-state index contributed by atoms with van der Waals surface area (Å²) in [7, 11) is 1.68. The summed E-state index contributed by atoms with van der Waals surface area (Å²) >= 11 is 6.25.